The van der Waals surface area contributed by atoms with Gasteiger partial charge >= 0.3 is 0 Å². The summed E-state index contributed by atoms with van der Waals surface area (Å²) in [5, 5.41) is 9.39. The highest BCUT2D eigenvalue weighted by atomic mass is 16.1. The van der Waals surface area contributed by atoms with E-state index in [1.165, 1.54) is 0 Å². The SMILES string of the molecule is CC(C)Cn1cnc2nnc3ccc(C(=O)C4CC4)cc3c21. The minimum absolute atomic E-state index is 0.225. The zero-order chi connectivity index (χ0) is 15.3. The van der Waals surface area contributed by atoms with Crippen molar-refractivity contribution in [2.24, 2.45) is 11.8 Å². The number of benzene rings is 1. The fourth-order valence-electron chi connectivity index (χ4n) is 2.90. The molecule has 0 atom stereocenters. The van der Waals surface area contributed by atoms with Crippen molar-refractivity contribution in [1.29, 1.82) is 0 Å². The number of nitrogens with zero attached hydrogens (tertiary/aromatic N) is 4. The molecule has 0 N–H and O–H groups in total. The van der Waals surface area contributed by atoms with E-state index in [4.69, 9.17) is 0 Å². The third-order valence-electron chi connectivity index (χ3n) is 4.12. The van der Waals surface area contributed by atoms with E-state index in [9.17, 15) is 4.79 Å². The van der Waals surface area contributed by atoms with Gasteiger partial charge in [0.05, 0.1) is 17.4 Å². The molecule has 0 radical (unpaired) electrons. The van der Waals surface area contributed by atoms with Crippen LogP contribution in [-0.4, -0.2) is 25.5 Å². The molecule has 1 fully saturated rings. The summed E-state index contributed by atoms with van der Waals surface area (Å²) < 4.78 is 2.11. The number of aromatic nitrogens is 4. The van der Waals surface area contributed by atoms with Gasteiger partial charge in [0, 0.05) is 23.4 Å². The Balaban J connectivity index is 1.93. The van der Waals surface area contributed by atoms with Crippen LogP contribution >= 0.6 is 0 Å². The first kappa shape index (κ1) is 13.4. The van der Waals surface area contributed by atoms with Gasteiger partial charge in [-0.1, -0.05) is 13.8 Å². The lowest BCUT2D eigenvalue weighted by Gasteiger charge is -2.09. The molecule has 0 saturated heterocycles. The Labute approximate surface area is 128 Å². The van der Waals surface area contributed by atoms with Gasteiger partial charge in [0.25, 0.3) is 0 Å². The summed E-state index contributed by atoms with van der Waals surface area (Å²) in [6.07, 6.45) is 3.85. The molecule has 4 rings (SSSR count). The summed E-state index contributed by atoms with van der Waals surface area (Å²) in [5.74, 6) is 0.988. The molecule has 0 amide bonds. The van der Waals surface area contributed by atoms with Crippen molar-refractivity contribution in [2.75, 3.05) is 0 Å². The Bertz CT molecular complexity index is 877. The first-order valence-corrected chi connectivity index (χ1v) is 7.79. The van der Waals surface area contributed by atoms with Gasteiger partial charge in [0.2, 0.25) is 5.65 Å². The second-order valence-electron chi connectivity index (χ2n) is 6.53. The number of Topliss-reactive ketones (excluding diaryl/α,β-unsaturated/α-hetero) is 1. The van der Waals surface area contributed by atoms with Gasteiger partial charge in [-0.3, -0.25) is 4.79 Å². The molecule has 5 nitrogen and oxygen atoms in total. The monoisotopic (exact) mass is 294 g/mol. The van der Waals surface area contributed by atoms with Crippen LogP contribution in [0.15, 0.2) is 24.5 Å². The third kappa shape index (κ3) is 2.17. The van der Waals surface area contributed by atoms with Crippen molar-refractivity contribution in [1.82, 2.24) is 19.7 Å². The van der Waals surface area contributed by atoms with E-state index in [2.05, 4.69) is 33.6 Å². The number of rotatable bonds is 4. The Morgan fingerprint density at radius 2 is 2.14 bits per heavy atom. The van der Waals surface area contributed by atoms with Crippen molar-refractivity contribution < 1.29 is 4.79 Å². The summed E-state index contributed by atoms with van der Waals surface area (Å²) >= 11 is 0. The molecule has 0 spiro atoms. The van der Waals surface area contributed by atoms with E-state index in [0.29, 0.717) is 11.6 Å². The number of ketones is 1. The lowest BCUT2D eigenvalue weighted by Crippen LogP contribution is -2.05. The topological polar surface area (TPSA) is 60.7 Å². The fraction of sp³-hybridized carbons (Fsp3) is 0.412. The molecule has 1 saturated carbocycles. The van der Waals surface area contributed by atoms with Gasteiger partial charge in [-0.05, 0) is 37.0 Å². The van der Waals surface area contributed by atoms with Crippen LogP contribution < -0.4 is 0 Å². The molecule has 1 aliphatic carbocycles. The predicted molar refractivity (Wildman–Crippen MR) is 84.7 cm³/mol. The van der Waals surface area contributed by atoms with Crippen LogP contribution in [0.4, 0.5) is 0 Å². The Morgan fingerprint density at radius 3 is 2.86 bits per heavy atom. The largest absolute Gasteiger partial charge is 0.328 e. The molecular formula is C17H18N4O. The van der Waals surface area contributed by atoms with Gasteiger partial charge in [-0.15, -0.1) is 10.2 Å². The molecule has 0 bridgehead atoms. The maximum absolute atomic E-state index is 12.3. The van der Waals surface area contributed by atoms with Crippen LogP contribution in [0, 0.1) is 11.8 Å². The summed E-state index contributed by atoms with van der Waals surface area (Å²) in [4.78, 5) is 16.7. The van der Waals surface area contributed by atoms with Gasteiger partial charge in [-0.25, -0.2) is 4.98 Å². The Kier molecular flexibility index (Phi) is 2.96. The minimum atomic E-state index is 0.225. The number of fused-ring (bicyclic) bond motifs is 3. The number of hydrogen-bond acceptors (Lipinski definition) is 4. The van der Waals surface area contributed by atoms with Crippen LogP contribution in [0.1, 0.15) is 37.0 Å². The maximum Gasteiger partial charge on any atom is 0.200 e. The van der Waals surface area contributed by atoms with Crippen molar-refractivity contribution in [2.45, 2.75) is 33.2 Å². The second-order valence-corrected chi connectivity index (χ2v) is 6.53. The Hall–Kier alpha value is -2.30. The van der Waals surface area contributed by atoms with E-state index < -0.39 is 0 Å². The summed E-state index contributed by atoms with van der Waals surface area (Å²) in [5.41, 5.74) is 3.21. The number of imidazole rings is 1. The van der Waals surface area contributed by atoms with Crippen molar-refractivity contribution >= 4 is 27.9 Å². The zero-order valence-corrected chi connectivity index (χ0v) is 12.8. The smallest absolute Gasteiger partial charge is 0.200 e. The molecular weight excluding hydrogens is 276 g/mol. The number of hydrogen-bond donors (Lipinski definition) is 0. The van der Waals surface area contributed by atoms with Gasteiger partial charge in [0.15, 0.2) is 5.78 Å². The Morgan fingerprint density at radius 1 is 1.32 bits per heavy atom. The predicted octanol–water partition coefficient (Wildman–Crippen LogP) is 3.23. The van der Waals surface area contributed by atoms with Crippen LogP contribution in [0.2, 0.25) is 0 Å². The molecule has 1 aliphatic rings. The molecule has 2 heterocycles. The summed E-state index contributed by atoms with van der Waals surface area (Å²) in [6, 6.07) is 5.72. The zero-order valence-electron chi connectivity index (χ0n) is 12.8. The van der Waals surface area contributed by atoms with E-state index >= 15 is 0 Å². The second kappa shape index (κ2) is 4.87. The van der Waals surface area contributed by atoms with Crippen molar-refractivity contribution in [3.63, 3.8) is 0 Å². The lowest BCUT2D eigenvalue weighted by atomic mass is 10.0. The fourth-order valence-corrected chi connectivity index (χ4v) is 2.90. The van der Waals surface area contributed by atoms with E-state index in [1.807, 2.05) is 24.5 Å². The average molecular weight is 294 g/mol. The standard InChI is InChI=1S/C17H18N4O/c1-10(2)8-21-9-18-17-15(21)13-7-12(16(22)11-3-4-11)5-6-14(13)19-20-17/h5-7,9-11H,3-4,8H2,1-2H3. The van der Waals surface area contributed by atoms with Gasteiger partial charge in [-0.2, -0.15) is 0 Å². The molecule has 112 valence electrons. The molecule has 0 aliphatic heterocycles. The molecule has 5 heteroatoms. The molecule has 0 unspecified atom stereocenters. The molecule has 22 heavy (non-hydrogen) atoms. The van der Waals surface area contributed by atoms with Crippen LogP contribution in [-0.2, 0) is 6.54 Å². The quantitative estimate of drug-likeness (QED) is 0.693. The first-order valence-electron chi connectivity index (χ1n) is 7.79. The molecule has 2 aromatic heterocycles. The maximum atomic E-state index is 12.3. The van der Waals surface area contributed by atoms with Crippen molar-refractivity contribution in [3.8, 4) is 0 Å². The van der Waals surface area contributed by atoms with E-state index in [1.54, 1.807) is 0 Å². The van der Waals surface area contributed by atoms with Crippen molar-refractivity contribution in [3.05, 3.63) is 30.1 Å². The van der Waals surface area contributed by atoms with Gasteiger partial charge < -0.3 is 4.57 Å². The van der Waals surface area contributed by atoms with Crippen LogP contribution in [0.3, 0.4) is 0 Å². The van der Waals surface area contributed by atoms with Crippen LogP contribution in [0.5, 0.6) is 0 Å². The lowest BCUT2D eigenvalue weighted by molar-refractivity contribution is 0.0968. The normalized spacial score (nSPS) is 15.0. The van der Waals surface area contributed by atoms with Gasteiger partial charge in [0.1, 0.15) is 0 Å². The first-order chi connectivity index (χ1) is 10.6. The third-order valence-corrected chi connectivity index (χ3v) is 4.12. The minimum Gasteiger partial charge on any atom is -0.328 e. The highest BCUT2D eigenvalue weighted by molar-refractivity contribution is 6.06. The number of carbonyl (C=O) groups is 1. The summed E-state index contributed by atoms with van der Waals surface area (Å²) in [7, 11) is 0. The highest BCUT2D eigenvalue weighted by Crippen LogP contribution is 2.33. The number of carbonyl (C=O) groups excluding carboxylic acids is 1. The average Bonchev–Trinajstić information content (AvgIpc) is 3.28. The summed E-state index contributed by atoms with van der Waals surface area (Å²) in [6.45, 7) is 5.22. The highest BCUT2D eigenvalue weighted by Gasteiger charge is 2.30. The molecule has 1 aromatic carbocycles. The van der Waals surface area contributed by atoms with E-state index in [-0.39, 0.29) is 11.7 Å². The molecule has 3 aromatic rings. The van der Waals surface area contributed by atoms with E-state index in [0.717, 1.165) is 41.4 Å². The van der Waals surface area contributed by atoms with Crippen LogP contribution in [0.25, 0.3) is 22.1 Å².